The molecule has 0 aliphatic heterocycles. The van der Waals surface area contributed by atoms with Gasteiger partial charge in [-0.05, 0) is 55.8 Å². The van der Waals surface area contributed by atoms with Crippen molar-refractivity contribution in [3.63, 3.8) is 0 Å². The predicted octanol–water partition coefficient (Wildman–Crippen LogP) is 4.30. The number of hydrogen-bond acceptors (Lipinski definition) is 1. The summed E-state index contributed by atoms with van der Waals surface area (Å²) in [7, 11) is 0. The molecule has 1 unspecified atom stereocenters. The van der Waals surface area contributed by atoms with Crippen molar-refractivity contribution < 1.29 is 4.39 Å². The third-order valence-electron chi connectivity index (χ3n) is 3.83. The highest BCUT2D eigenvalue weighted by molar-refractivity contribution is 9.10. The first-order valence-electron chi connectivity index (χ1n) is 6.88. The summed E-state index contributed by atoms with van der Waals surface area (Å²) < 4.78 is 14.0. The Morgan fingerprint density at radius 3 is 2.78 bits per heavy atom. The average molecular weight is 314 g/mol. The molecule has 1 fully saturated rings. The molecule has 0 amide bonds. The van der Waals surface area contributed by atoms with Crippen molar-refractivity contribution in [1.29, 1.82) is 0 Å². The van der Waals surface area contributed by atoms with Crippen molar-refractivity contribution in [3.05, 3.63) is 34.1 Å². The van der Waals surface area contributed by atoms with E-state index in [2.05, 4.69) is 28.2 Å². The summed E-state index contributed by atoms with van der Waals surface area (Å²) in [6.45, 7) is 3.26. The predicted molar refractivity (Wildman–Crippen MR) is 77.2 cm³/mol. The van der Waals surface area contributed by atoms with Crippen LogP contribution in [0, 0.1) is 11.7 Å². The zero-order valence-electron chi connectivity index (χ0n) is 10.9. The Morgan fingerprint density at radius 1 is 1.44 bits per heavy atom. The van der Waals surface area contributed by atoms with E-state index in [1.54, 1.807) is 12.1 Å². The quantitative estimate of drug-likeness (QED) is 0.825. The first-order chi connectivity index (χ1) is 8.70. The Bertz CT molecular complexity index is 390. The molecule has 0 aromatic heterocycles. The Hall–Kier alpha value is -0.410. The van der Waals surface area contributed by atoms with Crippen molar-refractivity contribution >= 4 is 15.9 Å². The van der Waals surface area contributed by atoms with Gasteiger partial charge in [0.25, 0.3) is 0 Å². The maximum atomic E-state index is 13.1. The number of nitrogens with one attached hydrogen (secondary N) is 1. The second-order valence-electron chi connectivity index (χ2n) is 5.19. The number of halogens is 2. The Balaban J connectivity index is 2.02. The second-order valence-corrected chi connectivity index (χ2v) is 6.05. The highest BCUT2D eigenvalue weighted by atomic mass is 79.9. The minimum atomic E-state index is -0.174. The van der Waals surface area contributed by atoms with Gasteiger partial charge in [0.05, 0.1) is 0 Å². The molecule has 1 aromatic carbocycles. The summed E-state index contributed by atoms with van der Waals surface area (Å²) in [5.41, 5.74) is 1.21. The van der Waals surface area contributed by atoms with Gasteiger partial charge in [0.1, 0.15) is 5.82 Å². The van der Waals surface area contributed by atoms with Gasteiger partial charge in [-0.25, -0.2) is 4.39 Å². The molecule has 1 atom stereocenters. The zero-order valence-corrected chi connectivity index (χ0v) is 12.5. The van der Waals surface area contributed by atoms with Gasteiger partial charge in [-0.1, -0.05) is 35.3 Å². The summed E-state index contributed by atoms with van der Waals surface area (Å²) in [6, 6.07) is 5.56. The lowest BCUT2D eigenvalue weighted by molar-refractivity contribution is 0.227. The average Bonchev–Trinajstić information content (AvgIpc) is 2.27. The van der Waals surface area contributed by atoms with Gasteiger partial charge in [0.2, 0.25) is 0 Å². The number of rotatable bonds is 6. The molecule has 1 aliphatic rings. The normalized spacial score (nSPS) is 17.5. The van der Waals surface area contributed by atoms with Crippen molar-refractivity contribution in [1.82, 2.24) is 5.32 Å². The third-order valence-corrected chi connectivity index (χ3v) is 4.57. The lowest BCUT2D eigenvalue weighted by Crippen LogP contribution is -2.41. The van der Waals surface area contributed by atoms with Gasteiger partial charge < -0.3 is 5.32 Å². The zero-order chi connectivity index (χ0) is 13.0. The molecule has 1 saturated carbocycles. The van der Waals surface area contributed by atoms with Crippen LogP contribution in [0.5, 0.6) is 0 Å². The summed E-state index contributed by atoms with van der Waals surface area (Å²) in [5.74, 6) is 0.626. The van der Waals surface area contributed by atoms with Crippen LogP contribution in [0.2, 0.25) is 0 Å². The standard InChI is InChI=1S/C15H21BrFN/c1-2-8-18-15(11-4-3-5-11)9-12-6-7-13(17)10-14(12)16/h6-7,10-11,15,18H,2-5,8-9H2,1H3. The number of benzene rings is 1. The van der Waals surface area contributed by atoms with E-state index in [0.717, 1.165) is 29.8 Å². The van der Waals surface area contributed by atoms with Crippen LogP contribution >= 0.6 is 15.9 Å². The van der Waals surface area contributed by atoms with Crippen LogP contribution in [0.1, 0.15) is 38.2 Å². The largest absolute Gasteiger partial charge is 0.313 e. The van der Waals surface area contributed by atoms with E-state index in [1.807, 2.05) is 6.07 Å². The smallest absolute Gasteiger partial charge is 0.124 e. The molecule has 1 aliphatic carbocycles. The highest BCUT2D eigenvalue weighted by Gasteiger charge is 2.27. The van der Waals surface area contributed by atoms with Crippen LogP contribution < -0.4 is 5.32 Å². The highest BCUT2D eigenvalue weighted by Crippen LogP contribution is 2.32. The fourth-order valence-electron chi connectivity index (χ4n) is 2.50. The molecular formula is C15H21BrFN. The van der Waals surface area contributed by atoms with E-state index in [1.165, 1.54) is 24.8 Å². The lowest BCUT2D eigenvalue weighted by atomic mass is 9.77. The molecule has 0 spiro atoms. The van der Waals surface area contributed by atoms with Crippen molar-refractivity contribution in [3.8, 4) is 0 Å². The van der Waals surface area contributed by atoms with E-state index >= 15 is 0 Å². The van der Waals surface area contributed by atoms with Crippen LogP contribution in [-0.2, 0) is 6.42 Å². The summed E-state index contributed by atoms with van der Waals surface area (Å²) in [6.07, 6.45) is 6.18. The van der Waals surface area contributed by atoms with E-state index in [4.69, 9.17) is 0 Å². The van der Waals surface area contributed by atoms with Crippen LogP contribution in [0.25, 0.3) is 0 Å². The molecule has 18 heavy (non-hydrogen) atoms. The monoisotopic (exact) mass is 313 g/mol. The SMILES string of the molecule is CCCNC(Cc1ccc(F)cc1Br)C1CCC1. The minimum absolute atomic E-state index is 0.174. The first-order valence-corrected chi connectivity index (χ1v) is 7.67. The molecule has 0 saturated heterocycles. The topological polar surface area (TPSA) is 12.0 Å². The maximum Gasteiger partial charge on any atom is 0.124 e. The minimum Gasteiger partial charge on any atom is -0.313 e. The molecule has 0 radical (unpaired) electrons. The molecule has 100 valence electrons. The van der Waals surface area contributed by atoms with Gasteiger partial charge in [-0.3, -0.25) is 0 Å². The van der Waals surface area contributed by atoms with E-state index in [0.29, 0.717) is 6.04 Å². The Kier molecular flexibility index (Phi) is 5.19. The molecule has 0 bridgehead atoms. The van der Waals surface area contributed by atoms with Gasteiger partial charge in [-0.15, -0.1) is 0 Å². The fourth-order valence-corrected chi connectivity index (χ4v) is 3.01. The Morgan fingerprint density at radius 2 is 2.22 bits per heavy atom. The summed E-state index contributed by atoms with van der Waals surface area (Å²) in [4.78, 5) is 0. The first kappa shape index (κ1) is 14.0. The fraction of sp³-hybridized carbons (Fsp3) is 0.600. The molecular weight excluding hydrogens is 293 g/mol. The van der Waals surface area contributed by atoms with Gasteiger partial charge in [0, 0.05) is 10.5 Å². The van der Waals surface area contributed by atoms with E-state index in [9.17, 15) is 4.39 Å². The van der Waals surface area contributed by atoms with Crippen molar-refractivity contribution in [2.45, 2.75) is 45.1 Å². The molecule has 1 nitrogen and oxygen atoms in total. The van der Waals surface area contributed by atoms with Crippen LogP contribution in [0.3, 0.4) is 0 Å². The number of hydrogen-bond donors (Lipinski definition) is 1. The van der Waals surface area contributed by atoms with E-state index < -0.39 is 0 Å². The van der Waals surface area contributed by atoms with Crippen LogP contribution in [0.4, 0.5) is 4.39 Å². The van der Waals surface area contributed by atoms with Gasteiger partial charge >= 0.3 is 0 Å². The molecule has 2 rings (SSSR count). The molecule has 3 heteroatoms. The molecule has 0 heterocycles. The van der Waals surface area contributed by atoms with Crippen molar-refractivity contribution in [2.24, 2.45) is 5.92 Å². The van der Waals surface area contributed by atoms with Crippen LogP contribution in [-0.4, -0.2) is 12.6 Å². The second kappa shape index (κ2) is 6.67. The summed E-state index contributed by atoms with van der Waals surface area (Å²) in [5, 5.41) is 3.65. The molecule has 1 N–H and O–H groups in total. The third kappa shape index (κ3) is 3.55. The maximum absolute atomic E-state index is 13.1. The van der Waals surface area contributed by atoms with Crippen LogP contribution in [0.15, 0.2) is 22.7 Å². The molecule has 1 aromatic rings. The van der Waals surface area contributed by atoms with Gasteiger partial charge in [0.15, 0.2) is 0 Å². The Labute approximate surface area is 117 Å². The van der Waals surface area contributed by atoms with E-state index in [-0.39, 0.29) is 5.82 Å². The van der Waals surface area contributed by atoms with Crippen molar-refractivity contribution in [2.75, 3.05) is 6.54 Å². The van der Waals surface area contributed by atoms with Gasteiger partial charge in [-0.2, -0.15) is 0 Å². The summed E-state index contributed by atoms with van der Waals surface area (Å²) >= 11 is 3.47. The lowest BCUT2D eigenvalue weighted by Gasteiger charge is -2.35.